The summed E-state index contributed by atoms with van der Waals surface area (Å²) in [4.78, 5) is 21.4. The van der Waals surface area contributed by atoms with Crippen LogP contribution in [0.25, 0.3) is 16.5 Å². The number of morpholine rings is 1. The monoisotopic (exact) mass is 569 g/mol. The van der Waals surface area contributed by atoms with E-state index in [-0.39, 0.29) is 11.1 Å². The number of fused-ring (bicyclic) bond motifs is 1. The minimum Gasteiger partial charge on any atom is -0.492 e. The number of rotatable bonds is 9. The molecule has 1 aromatic heterocycles. The first-order chi connectivity index (χ1) is 20.2. The third kappa shape index (κ3) is 6.64. The molecule has 4 aromatic rings. The Morgan fingerprint density at radius 1 is 1.02 bits per heavy atom. The molecule has 0 radical (unpaired) electrons. The van der Waals surface area contributed by atoms with E-state index < -0.39 is 5.91 Å². The number of nitrogens with zero attached hydrogens (tertiary/aromatic N) is 4. The maximum Gasteiger partial charge on any atom is 0.279 e. The molecule has 3 aromatic carbocycles. The Morgan fingerprint density at radius 3 is 2.43 bits per heavy atom. The normalized spacial score (nSPS) is 14.6. The molecule has 1 N–H and O–H groups in total. The molecule has 0 saturated carbocycles. The smallest absolute Gasteiger partial charge is 0.279 e. The number of amides is 1. The van der Waals surface area contributed by atoms with Gasteiger partial charge in [0.2, 0.25) is 0 Å². The van der Waals surface area contributed by atoms with Gasteiger partial charge in [0.15, 0.2) is 5.71 Å². The lowest BCUT2D eigenvalue weighted by Crippen LogP contribution is -2.38. The lowest BCUT2D eigenvalue weighted by Gasteiger charge is -2.26. The summed E-state index contributed by atoms with van der Waals surface area (Å²) in [5, 5.41) is 13.8. The van der Waals surface area contributed by atoms with Crippen molar-refractivity contribution in [3.05, 3.63) is 83.6 Å². The van der Waals surface area contributed by atoms with E-state index in [0.29, 0.717) is 18.0 Å². The maximum absolute atomic E-state index is 13.9. The van der Waals surface area contributed by atoms with Crippen LogP contribution in [0.2, 0.25) is 0 Å². The van der Waals surface area contributed by atoms with Crippen molar-refractivity contribution < 1.29 is 19.1 Å². The third-order valence-corrected chi connectivity index (χ3v) is 7.30. The van der Waals surface area contributed by atoms with Crippen molar-refractivity contribution in [1.82, 2.24) is 14.7 Å². The molecule has 9 heteroatoms. The Balaban J connectivity index is 1.44. The van der Waals surface area contributed by atoms with E-state index in [9.17, 15) is 4.79 Å². The second-order valence-electron chi connectivity index (χ2n) is 11.4. The number of aryl methyl sites for hydroxylation is 1. The number of benzene rings is 3. The van der Waals surface area contributed by atoms with Crippen molar-refractivity contribution in [2.45, 2.75) is 33.1 Å². The number of carbonyl (C=O) groups excluding carboxylic acids is 1. The summed E-state index contributed by atoms with van der Waals surface area (Å²) in [5.74, 6) is 0.897. The van der Waals surface area contributed by atoms with Crippen molar-refractivity contribution in [1.29, 1.82) is 0 Å². The zero-order valence-electron chi connectivity index (χ0n) is 25.0. The summed E-state index contributed by atoms with van der Waals surface area (Å²) in [6, 6.07) is 21.5. The molecular formula is C33H39N5O4. The quantitative estimate of drug-likeness (QED) is 0.216. The highest BCUT2D eigenvalue weighted by Gasteiger charge is 2.25. The number of ether oxygens (including phenoxy) is 2. The number of aromatic nitrogens is 2. The van der Waals surface area contributed by atoms with E-state index in [2.05, 4.69) is 36.1 Å². The van der Waals surface area contributed by atoms with E-state index in [0.717, 1.165) is 66.3 Å². The largest absolute Gasteiger partial charge is 0.492 e. The van der Waals surface area contributed by atoms with Gasteiger partial charge in [-0.3, -0.25) is 9.69 Å². The fourth-order valence-corrected chi connectivity index (χ4v) is 4.91. The predicted octanol–water partition coefficient (Wildman–Crippen LogP) is 5.33. The summed E-state index contributed by atoms with van der Waals surface area (Å²) in [6.45, 7) is 13.0. The van der Waals surface area contributed by atoms with Crippen LogP contribution in [-0.2, 0) is 19.8 Å². The molecule has 1 fully saturated rings. The van der Waals surface area contributed by atoms with Crippen molar-refractivity contribution >= 4 is 28.2 Å². The number of hydrogen-bond donors (Lipinski definition) is 1. The molecule has 2 heterocycles. The van der Waals surface area contributed by atoms with Crippen LogP contribution in [0.15, 0.2) is 71.9 Å². The van der Waals surface area contributed by atoms with E-state index in [4.69, 9.17) is 19.4 Å². The number of oxime groups is 1. The molecule has 0 aliphatic carbocycles. The Bertz CT molecular complexity index is 1560. The molecule has 1 amide bonds. The van der Waals surface area contributed by atoms with Crippen molar-refractivity contribution in [2.24, 2.45) is 5.16 Å². The third-order valence-electron chi connectivity index (χ3n) is 7.30. The van der Waals surface area contributed by atoms with Gasteiger partial charge in [-0.05, 0) is 36.6 Å². The molecule has 0 atom stereocenters. The van der Waals surface area contributed by atoms with Gasteiger partial charge >= 0.3 is 0 Å². The van der Waals surface area contributed by atoms with Gasteiger partial charge in [-0.15, -0.1) is 0 Å². The number of nitrogens with one attached hydrogen (secondary N) is 1. The van der Waals surface area contributed by atoms with E-state index >= 15 is 0 Å². The van der Waals surface area contributed by atoms with E-state index in [1.807, 2.05) is 73.7 Å². The number of anilines is 1. The van der Waals surface area contributed by atoms with Crippen LogP contribution in [-0.4, -0.2) is 72.9 Å². The Kier molecular flexibility index (Phi) is 8.89. The highest BCUT2D eigenvalue weighted by molar-refractivity contribution is 6.50. The van der Waals surface area contributed by atoms with Crippen LogP contribution in [0, 0.1) is 6.92 Å². The topological polar surface area (TPSA) is 90.2 Å². The average molecular weight is 570 g/mol. The molecule has 0 unspecified atom stereocenters. The fourth-order valence-electron chi connectivity index (χ4n) is 4.91. The molecule has 1 aliphatic rings. The van der Waals surface area contributed by atoms with Gasteiger partial charge in [0.05, 0.1) is 24.6 Å². The fraction of sp³-hybridized carbons (Fsp3) is 0.364. The van der Waals surface area contributed by atoms with Gasteiger partial charge in [-0.2, -0.15) is 5.10 Å². The van der Waals surface area contributed by atoms with E-state index in [1.54, 1.807) is 4.68 Å². The average Bonchev–Trinajstić information content (AvgIpc) is 3.41. The Labute approximate surface area is 247 Å². The molecule has 0 spiro atoms. The van der Waals surface area contributed by atoms with Crippen LogP contribution in [0.3, 0.4) is 0 Å². The highest BCUT2D eigenvalue weighted by atomic mass is 16.6. The van der Waals surface area contributed by atoms with E-state index in [1.165, 1.54) is 7.11 Å². The number of carbonyl (C=O) groups is 1. The summed E-state index contributed by atoms with van der Waals surface area (Å²) in [6.07, 6.45) is 0. The molecule has 1 aliphatic heterocycles. The summed E-state index contributed by atoms with van der Waals surface area (Å²) in [5.41, 5.74) is 3.42. The molecule has 0 bridgehead atoms. The summed E-state index contributed by atoms with van der Waals surface area (Å²) >= 11 is 0. The maximum atomic E-state index is 13.9. The zero-order chi connectivity index (χ0) is 29.7. The van der Waals surface area contributed by atoms with Crippen LogP contribution in [0.1, 0.15) is 37.6 Å². The van der Waals surface area contributed by atoms with Crippen molar-refractivity contribution in [3.8, 4) is 11.4 Å². The molecule has 220 valence electrons. The first-order valence-corrected chi connectivity index (χ1v) is 14.3. The van der Waals surface area contributed by atoms with Gasteiger partial charge in [-0.1, -0.05) is 67.9 Å². The van der Waals surface area contributed by atoms with Crippen LogP contribution < -0.4 is 10.1 Å². The van der Waals surface area contributed by atoms with Gasteiger partial charge in [-0.25, -0.2) is 4.68 Å². The molecule has 5 rings (SSSR count). The second-order valence-corrected chi connectivity index (χ2v) is 11.4. The summed E-state index contributed by atoms with van der Waals surface area (Å²) in [7, 11) is 1.44. The zero-order valence-corrected chi connectivity index (χ0v) is 25.0. The lowest BCUT2D eigenvalue weighted by atomic mass is 9.92. The first-order valence-electron chi connectivity index (χ1n) is 14.3. The van der Waals surface area contributed by atoms with Crippen molar-refractivity contribution in [2.75, 3.05) is 51.9 Å². The number of hydrogen-bond acceptors (Lipinski definition) is 7. The molecule has 9 nitrogen and oxygen atoms in total. The van der Waals surface area contributed by atoms with Crippen LogP contribution in [0.4, 0.5) is 5.82 Å². The van der Waals surface area contributed by atoms with Gasteiger partial charge in [0.25, 0.3) is 5.91 Å². The minimum absolute atomic E-state index is 0.155. The molecule has 42 heavy (non-hydrogen) atoms. The minimum atomic E-state index is -0.406. The highest BCUT2D eigenvalue weighted by Crippen LogP contribution is 2.30. The SMILES string of the molecule is CO/N=C(/C(=O)Nc1cc(C(C)(C)C)nn1-c1ccc(C)cc1)c1ccc(OCCN2CCOCC2)c2ccccc12. The Hall–Kier alpha value is -4.21. The van der Waals surface area contributed by atoms with Gasteiger partial charge in [0.1, 0.15) is 25.3 Å². The van der Waals surface area contributed by atoms with Gasteiger partial charge in [0, 0.05) is 42.1 Å². The van der Waals surface area contributed by atoms with Crippen LogP contribution in [0.5, 0.6) is 5.75 Å². The Morgan fingerprint density at radius 2 is 1.74 bits per heavy atom. The molecular weight excluding hydrogens is 530 g/mol. The standard InChI is InChI=1S/C33H39N5O4/c1-23-10-12-24(13-11-23)38-30(22-29(35-38)33(2,3)4)34-32(39)31(36-40-5)27-14-15-28(26-9-7-6-8-25(26)27)42-21-18-37-16-19-41-20-17-37/h6-15,22H,16-21H2,1-5H3,(H,34,39)/b36-31+. The molecule has 1 saturated heterocycles. The van der Waals surface area contributed by atoms with Crippen LogP contribution >= 0.6 is 0 Å². The second kappa shape index (κ2) is 12.8. The lowest BCUT2D eigenvalue weighted by molar-refractivity contribution is -0.110. The summed E-state index contributed by atoms with van der Waals surface area (Å²) < 4.78 is 13.4. The predicted molar refractivity (Wildman–Crippen MR) is 166 cm³/mol. The van der Waals surface area contributed by atoms with Crippen molar-refractivity contribution in [3.63, 3.8) is 0 Å². The van der Waals surface area contributed by atoms with Gasteiger partial charge < -0.3 is 19.6 Å². The first kappa shape index (κ1) is 29.3.